The summed E-state index contributed by atoms with van der Waals surface area (Å²) >= 11 is 6.38. The Bertz CT molecular complexity index is 689. The van der Waals surface area contributed by atoms with E-state index in [1.165, 1.54) is 18.2 Å². The van der Waals surface area contributed by atoms with E-state index in [4.69, 9.17) is 0 Å². The molecule has 0 radical (unpaired) electrons. The molecule has 7 heteroatoms. The molecule has 0 saturated carbocycles. The molecule has 2 aromatic carbocycles. The van der Waals surface area contributed by atoms with Gasteiger partial charge in [-0.1, -0.05) is 22.0 Å². The molecule has 0 aliphatic rings. The fourth-order valence-corrected chi connectivity index (χ4v) is 2.35. The minimum atomic E-state index is -0.542. The highest BCUT2D eigenvalue weighted by molar-refractivity contribution is 9.10. The molecule has 1 amide bonds. The Kier molecular flexibility index (Phi) is 4.51. The topological polar surface area (TPSA) is 72.2 Å². The van der Waals surface area contributed by atoms with E-state index in [0.717, 1.165) is 4.47 Å². The minimum Gasteiger partial charge on any atom is -0.322 e. The number of hydrogen-bond donors (Lipinski definition) is 1. The van der Waals surface area contributed by atoms with Gasteiger partial charge in [-0.05, 0) is 46.3 Å². The third kappa shape index (κ3) is 3.43. The van der Waals surface area contributed by atoms with Crippen molar-refractivity contribution < 1.29 is 9.72 Å². The maximum atomic E-state index is 12.0. The second-order valence-electron chi connectivity index (χ2n) is 3.89. The van der Waals surface area contributed by atoms with Gasteiger partial charge in [-0.25, -0.2) is 0 Å². The number of carbonyl (C=O) groups is 1. The number of benzene rings is 2. The van der Waals surface area contributed by atoms with Gasteiger partial charge in [0.25, 0.3) is 11.6 Å². The molecule has 1 N–H and O–H groups in total. The molecule has 0 fully saturated rings. The van der Waals surface area contributed by atoms with Crippen molar-refractivity contribution in [3.63, 3.8) is 0 Å². The molecule has 0 aromatic heterocycles. The highest BCUT2D eigenvalue weighted by atomic mass is 79.9. The van der Waals surface area contributed by atoms with Crippen LogP contribution in [0.2, 0.25) is 0 Å². The molecular formula is C13H8Br2N2O3. The Balaban J connectivity index is 2.26. The molecule has 0 aliphatic carbocycles. The van der Waals surface area contributed by atoms with Gasteiger partial charge in [0.05, 0.1) is 9.40 Å². The van der Waals surface area contributed by atoms with E-state index >= 15 is 0 Å². The third-order valence-corrected chi connectivity index (χ3v) is 3.65. The molecular weight excluding hydrogens is 392 g/mol. The number of nitrogens with one attached hydrogen (secondary N) is 1. The lowest BCUT2D eigenvalue weighted by atomic mass is 10.2. The van der Waals surface area contributed by atoms with Crippen molar-refractivity contribution in [3.8, 4) is 0 Å². The number of halogens is 2. The lowest BCUT2D eigenvalue weighted by molar-refractivity contribution is -0.385. The molecule has 0 aliphatic heterocycles. The van der Waals surface area contributed by atoms with E-state index in [1.54, 1.807) is 18.2 Å². The Labute approximate surface area is 131 Å². The highest BCUT2D eigenvalue weighted by Crippen LogP contribution is 2.26. The first-order chi connectivity index (χ1) is 9.47. The molecule has 2 rings (SSSR count). The van der Waals surface area contributed by atoms with Crippen molar-refractivity contribution in [3.05, 3.63) is 67.1 Å². The van der Waals surface area contributed by atoms with Crippen LogP contribution in [-0.4, -0.2) is 10.8 Å². The normalized spacial score (nSPS) is 10.1. The van der Waals surface area contributed by atoms with Crippen LogP contribution < -0.4 is 5.32 Å². The Morgan fingerprint density at radius 1 is 1.15 bits per heavy atom. The minimum absolute atomic E-state index is 0.146. The molecule has 0 heterocycles. The van der Waals surface area contributed by atoms with Crippen molar-refractivity contribution in [1.82, 2.24) is 0 Å². The smallest absolute Gasteiger partial charge is 0.284 e. The largest absolute Gasteiger partial charge is 0.322 e. The molecule has 0 spiro atoms. The number of rotatable bonds is 3. The van der Waals surface area contributed by atoms with E-state index in [0.29, 0.717) is 10.2 Å². The standard InChI is InChI=1S/C13H8Br2N2O3/c14-9-2-1-3-10(7-9)16-13(18)8-4-5-11(15)12(6-8)17(19)20/h1-7H,(H,16,18). The van der Waals surface area contributed by atoms with Crippen molar-refractivity contribution in [2.75, 3.05) is 5.32 Å². The Hall–Kier alpha value is -1.73. The number of nitro benzene ring substituents is 1. The second-order valence-corrected chi connectivity index (χ2v) is 5.66. The number of anilines is 1. The number of amides is 1. The van der Waals surface area contributed by atoms with E-state index < -0.39 is 10.8 Å². The SMILES string of the molecule is O=C(Nc1cccc(Br)c1)c1ccc(Br)c([N+](=O)[O-])c1. The fraction of sp³-hybridized carbons (Fsp3) is 0. The van der Waals surface area contributed by atoms with Crippen LogP contribution in [0.15, 0.2) is 51.4 Å². The summed E-state index contributed by atoms with van der Waals surface area (Å²) in [5.41, 5.74) is 0.682. The van der Waals surface area contributed by atoms with Crippen molar-refractivity contribution in [2.45, 2.75) is 0 Å². The van der Waals surface area contributed by atoms with E-state index in [2.05, 4.69) is 37.2 Å². The van der Waals surface area contributed by atoms with Crippen LogP contribution in [0, 0.1) is 10.1 Å². The number of nitro groups is 1. The third-order valence-electron chi connectivity index (χ3n) is 2.49. The summed E-state index contributed by atoms with van der Waals surface area (Å²) in [6.07, 6.45) is 0. The zero-order valence-corrected chi connectivity index (χ0v) is 13.1. The van der Waals surface area contributed by atoms with E-state index in [-0.39, 0.29) is 11.3 Å². The molecule has 0 bridgehead atoms. The number of nitrogens with zero attached hydrogens (tertiary/aromatic N) is 1. The van der Waals surface area contributed by atoms with Crippen molar-refractivity contribution >= 4 is 49.1 Å². The Morgan fingerprint density at radius 3 is 2.55 bits per heavy atom. The summed E-state index contributed by atoms with van der Waals surface area (Å²) < 4.78 is 1.17. The van der Waals surface area contributed by atoms with Gasteiger partial charge in [0.2, 0.25) is 0 Å². The van der Waals surface area contributed by atoms with E-state index in [9.17, 15) is 14.9 Å². The van der Waals surface area contributed by atoms with Gasteiger partial charge in [-0.15, -0.1) is 0 Å². The molecule has 0 saturated heterocycles. The van der Waals surface area contributed by atoms with Crippen LogP contribution in [0.5, 0.6) is 0 Å². The van der Waals surface area contributed by atoms with Crippen LogP contribution in [0.4, 0.5) is 11.4 Å². The summed E-state index contributed by atoms with van der Waals surface area (Å²) in [4.78, 5) is 22.3. The first-order valence-corrected chi connectivity index (χ1v) is 7.07. The van der Waals surface area contributed by atoms with Crippen molar-refractivity contribution in [1.29, 1.82) is 0 Å². The average molecular weight is 400 g/mol. The zero-order chi connectivity index (χ0) is 14.7. The predicted octanol–water partition coefficient (Wildman–Crippen LogP) is 4.37. The van der Waals surface area contributed by atoms with Gasteiger partial charge in [0.15, 0.2) is 0 Å². The average Bonchev–Trinajstić information content (AvgIpc) is 2.38. The van der Waals surface area contributed by atoms with Crippen LogP contribution in [0.1, 0.15) is 10.4 Å². The van der Waals surface area contributed by atoms with Crippen LogP contribution in [0.25, 0.3) is 0 Å². The molecule has 0 atom stereocenters. The zero-order valence-electron chi connectivity index (χ0n) is 9.97. The van der Waals surface area contributed by atoms with Crippen LogP contribution >= 0.6 is 31.9 Å². The van der Waals surface area contributed by atoms with Crippen LogP contribution in [-0.2, 0) is 0 Å². The monoisotopic (exact) mass is 398 g/mol. The number of hydrogen-bond acceptors (Lipinski definition) is 3. The molecule has 5 nitrogen and oxygen atoms in total. The first kappa shape index (κ1) is 14.7. The summed E-state index contributed by atoms with van der Waals surface area (Å²) in [5, 5.41) is 13.5. The lowest BCUT2D eigenvalue weighted by Gasteiger charge is -2.06. The van der Waals surface area contributed by atoms with Gasteiger partial charge in [-0.3, -0.25) is 14.9 Å². The van der Waals surface area contributed by atoms with Gasteiger partial charge in [0.1, 0.15) is 0 Å². The summed E-state index contributed by atoms with van der Waals surface area (Å²) in [6, 6.07) is 11.3. The molecule has 102 valence electrons. The van der Waals surface area contributed by atoms with Crippen LogP contribution in [0.3, 0.4) is 0 Å². The number of carbonyl (C=O) groups excluding carboxylic acids is 1. The highest BCUT2D eigenvalue weighted by Gasteiger charge is 2.16. The summed E-state index contributed by atoms with van der Waals surface area (Å²) in [7, 11) is 0. The van der Waals surface area contributed by atoms with Gasteiger partial charge >= 0.3 is 0 Å². The van der Waals surface area contributed by atoms with E-state index in [1.807, 2.05) is 6.07 Å². The van der Waals surface area contributed by atoms with Gasteiger partial charge < -0.3 is 5.32 Å². The quantitative estimate of drug-likeness (QED) is 0.615. The predicted molar refractivity (Wildman–Crippen MR) is 82.9 cm³/mol. The molecule has 0 unspecified atom stereocenters. The summed E-state index contributed by atoms with van der Waals surface area (Å²) in [5.74, 6) is -0.404. The molecule has 20 heavy (non-hydrogen) atoms. The molecule has 2 aromatic rings. The lowest BCUT2D eigenvalue weighted by Crippen LogP contribution is -2.12. The maximum absolute atomic E-state index is 12.0. The second kappa shape index (κ2) is 6.15. The fourth-order valence-electron chi connectivity index (χ4n) is 1.56. The first-order valence-electron chi connectivity index (χ1n) is 5.48. The Morgan fingerprint density at radius 2 is 1.90 bits per heavy atom. The summed E-state index contributed by atoms with van der Waals surface area (Å²) in [6.45, 7) is 0. The van der Waals surface area contributed by atoms with Gasteiger partial charge in [-0.2, -0.15) is 0 Å². The van der Waals surface area contributed by atoms with Crippen molar-refractivity contribution in [2.24, 2.45) is 0 Å². The van der Waals surface area contributed by atoms with Gasteiger partial charge in [0, 0.05) is 21.8 Å². The maximum Gasteiger partial charge on any atom is 0.284 e.